The Labute approximate surface area is 195 Å². The van der Waals surface area contributed by atoms with E-state index < -0.39 is 11.7 Å². The first-order chi connectivity index (χ1) is 15.9. The summed E-state index contributed by atoms with van der Waals surface area (Å²) in [6, 6.07) is 15.4. The van der Waals surface area contributed by atoms with E-state index in [1.165, 1.54) is 18.3 Å². The second kappa shape index (κ2) is 9.94. The van der Waals surface area contributed by atoms with Gasteiger partial charge >= 0.3 is 0 Å². The summed E-state index contributed by atoms with van der Waals surface area (Å²) < 4.78 is 14.9. The second-order valence-corrected chi connectivity index (χ2v) is 8.10. The van der Waals surface area contributed by atoms with Crippen LogP contribution in [0.1, 0.15) is 22.3 Å². The number of hydrogen-bond acceptors (Lipinski definition) is 4. The molecule has 2 aromatic carbocycles. The van der Waals surface area contributed by atoms with Crippen LogP contribution in [-0.2, 0) is 4.79 Å². The van der Waals surface area contributed by atoms with Crippen LogP contribution in [-0.4, -0.2) is 29.9 Å². The quantitative estimate of drug-likeness (QED) is 0.520. The smallest absolute Gasteiger partial charge is 0.258 e. The van der Waals surface area contributed by atoms with Gasteiger partial charge in [0.15, 0.2) is 0 Å². The minimum absolute atomic E-state index is 0.0930. The number of rotatable bonds is 5. The van der Waals surface area contributed by atoms with Crippen molar-refractivity contribution < 1.29 is 14.0 Å². The van der Waals surface area contributed by atoms with Crippen molar-refractivity contribution in [3.63, 3.8) is 0 Å². The molecule has 0 fully saturated rings. The highest BCUT2D eigenvalue weighted by Gasteiger charge is 2.22. The van der Waals surface area contributed by atoms with Crippen LogP contribution < -0.4 is 16.0 Å². The molecular weight excluding hydrogens is 443 g/mol. The maximum Gasteiger partial charge on any atom is 0.258 e. The molecule has 8 heteroatoms. The zero-order valence-corrected chi connectivity index (χ0v) is 18.7. The first-order valence-corrected chi connectivity index (χ1v) is 10.8. The Morgan fingerprint density at radius 3 is 2.61 bits per heavy atom. The first-order valence-electron chi connectivity index (χ1n) is 10.4. The van der Waals surface area contributed by atoms with Gasteiger partial charge in [0.05, 0.1) is 10.6 Å². The highest BCUT2D eigenvalue weighted by Crippen LogP contribution is 2.25. The fourth-order valence-electron chi connectivity index (χ4n) is 3.66. The van der Waals surface area contributed by atoms with Crippen molar-refractivity contribution in [3.05, 3.63) is 94.0 Å². The fraction of sp³-hybridized carbons (Fsp3) is 0.160. The lowest BCUT2D eigenvalue weighted by atomic mass is 9.99. The van der Waals surface area contributed by atoms with Crippen molar-refractivity contribution in [3.8, 4) is 11.1 Å². The van der Waals surface area contributed by atoms with Gasteiger partial charge in [-0.3, -0.25) is 9.59 Å². The van der Waals surface area contributed by atoms with E-state index in [2.05, 4.69) is 20.9 Å². The van der Waals surface area contributed by atoms with Crippen LogP contribution in [0, 0.1) is 12.7 Å². The van der Waals surface area contributed by atoms with Crippen LogP contribution in [0.5, 0.6) is 0 Å². The minimum atomic E-state index is -0.631. The summed E-state index contributed by atoms with van der Waals surface area (Å²) in [5.74, 6) is -1.28. The maximum absolute atomic E-state index is 14.9. The summed E-state index contributed by atoms with van der Waals surface area (Å²) in [5.41, 5.74) is 3.33. The third kappa shape index (κ3) is 5.27. The van der Waals surface area contributed by atoms with Gasteiger partial charge in [0.2, 0.25) is 0 Å². The summed E-state index contributed by atoms with van der Waals surface area (Å²) in [4.78, 5) is 29.7. The van der Waals surface area contributed by atoms with Gasteiger partial charge < -0.3 is 16.0 Å². The van der Waals surface area contributed by atoms with Crippen LogP contribution in [0.4, 0.5) is 10.2 Å². The average Bonchev–Trinajstić information content (AvgIpc) is 2.81. The minimum Gasteiger partial charge on any atom is -0.324 e. The summed E-state index contributed by atoms with van der Waals surface area (Å²) >= 11 is 5.83. The Balaban J connectivity index is 1.54. The molecule has 2 amide bonds. The first kappa shape index (κ1) is 22.6. The number of carbonyl (C=O) groups excluding carboxylic acids is 2. The SMILES string of the molecule is Cc1ccccc1-c1ccc(C(=O)NC2=C(C(=O)Nc3ccc(Cl)cn3)CCNC2)c(F)c1. The molecule has 1 aromatic heterocycles. The van der Waals surface area contributed by atoms with Crippen molar-refractivity contribution in [1.29, 1.82) is 0 Å². The molecule has 6 nitrogen and oxygen atoms in total. The van der Waals surface area contributed by atoms with E-state index in [1.807, 2.05) is 31.2 Å². The van der Waals surface area contributed by atoms with Gasteiger partial charge in [0, 0.05) is 24.0 Å². The Morgan fingerprint density at radius 2 is 1.88 bits per heavy atom. The molecule has 0 unspecified atom stereocenters. The van der Waals surface area contributed by atoms with E-state index in [9.17, 15) is 14.0 Å². The van der Waals surface area contributed by atoms with Gasteiger partial charge in [-0.1, -0.05) is 41.9 Å². The topological polar surface area (TPSA) is 83.1 Å². The molecule has 0 bridgehead atoms. The number of carbonyl (C=O) groups is 2. The number of anilines is 1. The Morgan fingerprint density at radius 1 is 1.06 bits per heavy atom. The van der Waals surface area contributed by atoms with Gasteiger partial charge in [-0.2, -0.15) is 0 Å². The second-order valence-electron chi connectivity index (χ2n) is 7.66. The Bertz CT molecular complexity index is 1240. The van der Waals surface area contributed by atoms with Crippen LogP contribution in [0.25, 0.3) is 11.1 Å². The lowest BCUT2D eigenvalue weighted by molar-refractivity contribution is -0.113. The van der Waals surface area contributed by atoms with Crippen molar-refractivity contribution >= 4 is 29.2 Å². The molecular formula is C25H22ClFN4O2. The van der Waals surface area contributed by atoms with Gasteiger partial charge in [-0.05, 0) is 60.8 Å². The molecule has 33 heavy (non-hydrogen) atoms. The number of amides is 2. The molecule has 0 atom stereocenters. The zero-order valence-electron chi connectivity index (χ0n) is 17.9. The van der Waals surface area contributed by atoms with Crippen LogP contribution >= 0.6 is 11.6 Å². The molecule has 1 aliphatic heterocycles. The van der Waals surface area contributed by atoms with E-state index in [4.69, 9.17) is 11.6 Å². The van der Waals surface area contributed by atoms with Gasteiger partial charge in [0.25, 0.3) is 11.8 Å². The van der Waals surface area contributed by atoms with E-state index in [-0.39, 0.29) is 18.0 Å². The predicted octanol–water partition coefficient (Wildman–Crippen LogP) is 4.47. The molecule has 4 rings (SSSR count). The molecule has 0 aliphatic carbocycles. The molecule has 0 radical (unpaired) electrons. The molecule has 0 saturated heterocycles. The van der Waals surface area contributed by atoms with Crippen molar-refractivity contribution in [1.82, 2.24) is 15.6 Å². The summed E-state index contributed by atoms with van der Waals surface area (Å²) in [6.45, 7) is 2.81. The molecule has 168 valence electrons. The molecule has 0 saturated carbocycles. The maximum atomic E-state index is 14.9. The molecule has 3 N–H and O–H groups in total. The number of pyridine rings is 1. The summed E-state index contributed by atoms with van der Waals surface area (Å²) in [6.07, 6.45) is 1.84. The normalized spacial score (nSPS) is 13.5. The number of benzene rings is 2. The number of aromatic nitrogens is 1. The van der Waals surface area contributed by atoms with E-state index in [0.717, 1.165) is 11.1 Å². The Hall–Kier alpha value is -3.55. The highest BCUT2D eigenvalue weighted by molar-refractivity contribution is 6.30. The number of halogens is 2. The third-order valence-electron chi connectivity index (χ3n) is 5.40. The number of nitrogens with zero attached hydrogens (tertiary/aromatic N) is 1. The fourth-order valence-corrected chi connectivity index (χ4v) is 3.78. The van der Waals surface area contributed by atoms with Gasteiger partial charge in [0.1, 0.15) is 11.6 Å². The largest absolute Gasteiger partial charge is 0.324 e. The number of nitrogens with one attached hydrogen (secondary N) is 3. The Kier molecular flexibility index (Phi) is 6.82. The van der Waals surface area contributed by atoms with Crippen molar-refractivity contribution in [2.24, 2.45) is 0 Å². The lowest BCUT2D eigenvalue weighted by Gasteiger charge is -2.21. The van der Waals surface area contributed by atoms with E-state index >= 15 is 0 Å². The van der Waals surface area contributed by atoms with Crippen LogP contribution in [0.2, 0.25) is 5.02 Å². The zero-order chi connectivity index (χ0) is 23.4. The highest BCUT2D eigenvalue weighted by atomic mass is 35.5. The molecule has 1 aliphatic rings. The van der Waals surface area contributed by atoms with Crippen molar-refractivity contribution in [2.45, 2.75) is 13.3 Å². The number of aryl methyl sites for hydroxylation is 1. The lowest BCUT2D eigenvalue weighted by Crippen LogP contribution is -2.38. The summed E-state index contributed by atoms with van der Waals surface area (Å²) in [7, 11) is 0. The van der Waals surface area contributed by atoms with E-state index in [0.29, 0.717) is 40.6 Å². The molecule has 0 spiro atoms. The van der Waals surface area contributed by atoms with Crippen LogP contribution in [0.15, 0.2) is 72.1 Å². The third-order valence-corrected chi connectivity index (χ3v) is 5.62. The predicted molar refractivity (Wildman–Crippen MR) is 126 cm³/mol. The van der Waals surface area contributed by atoms with Crippen molar-refractivity contribution in [2.75, 3.05) is 18.4 Å². The molecule has 2 heterocycles. The van der Waals surface area contributed by atoms with E-state index in [1.54, 1.807) is 18.2 Å². The standard InChI is InChI=1S/C25H22ClFN4O2/c1-15-4-2-3-5-18(15)16-6-8-19(21(27)12-16)24(32)30-22-14-28-11-10-20(22)25(33)31-23-9-7-17(26)13-29-23/h2-9,12-13,28H,10-11,14H2,1H3,(H,30,32)(H,29,31,33). The van der Waals surface area contributed by atoms with Crippen LogP contribution in [0.3, 0.4) is 0 Å². The summed E-state index contributed by atoms with van der Waals surface area (Å²) in [5, 5.41) is 8.99. The van der Waals surface area contributed by atoms with Gasteiger partial charge in [-0.15, -0.1) is 0 Å². The monoisotopic (exact) mass is 464 g/mol. The number of hydrogen-bond donors (Lipinski definition) is 3. The van der Waals surface area contributed by atoms with Gasteiger partial charge in [-0.25, -0.2) is 9.37 Å². The molecule has 3 aromatic rings. The average molecular weight is 465 g/mol.